The molecule has 0 saturated carbocycles. The Morgan fingerprint density at radius 3 is 3.15 bits per heavy atom. The van der Waals surface area contributed by atoms with E-state index in [0.29, 0.717) is 22.6 Å². The van der Waals surface area contributed by atoms with Crippen LogP contribution in [-0.4, -0.2) is 23.6 Å². The summed E-state index contributed by atoms with van der Waals surface area (Å²) in [4.78, 5) is 15.9. The number of ether oxygens (including phenoxy) is 1. The lowest BCUT2D eigenvalue weighted by atomic mass is 9.91. The Hall–Kier alpha value is -1.01. The molecular formula is C14H18BrFN2O2. The van der Waals surface area contributed by atoms with Gasteiger partial charge in [-0.25, -0.2) is 9.37 Å². The smallest absolute Gasteiger partial charge is 0.225 e. The lowest BCUT2D eigenvalue weighted by Crippen LogP contribution is -2.28. The first-order valence-corrected chi connectivity index (χ1v) is 7.60. The molecule has 0 radical (unpaired) electrons. The first kappa shape index (κ1) is 15.4. The van der Waals surface area contributed by atoms with Gasteiger partial charge < -0.3 is 10.1 Å². The Morgan fingerprint density at radius 1 is 1.65 bits per heavy atom. The Morgan fingerprint density at radius 2 is 2.45 bits per heavy atom. The number of nitrogens with zero attached hydrogens (tertiary/aromatic N) is 1. The van der Waals surface area contributed by atoms with Gasteiger partial charge >= 0.3 is 0 Å². The number of halogens is 2. The zero-order chi connectivity index (χ0) is 14.5. The van der Waals surface area contributed by atoms with Crippen molar-refractivity contribution >= 4 is 27.7 Å². The number of hydrogen-bond acceptors (Lipinski definition) is 3. The van der Waals surface area contributed by atoms with Crippen LogP contribution in [0.1, 0.15) is 32.6 Å². The highest BCUT2D eigenvalue weighted by Gasteiger charge is 2.23. The number of carbonyl (C=O) groups is 1. The van der Waals surface area contributed by atoms with Gasteiger partial charge in [0.1, 0.15) is 11.6 Å². The number of carbonyl (C=O) groups excluding carboxylic acids is 1. The van der Waals surface area contributed by atoms with Crippen LogP contribution in [0.25, 0.3) is 0 Å². The molecule has 6 heteroatoms. The molecule has 1 fully saturated rings. The van der Waals surface area contributed by atoms with E-state index in [4.69, 9.17) is 4.74 Å². The molecule has 2 unspecified atom stereocenters. The number of rotatable bonds is 4. The molecular weight excluding hydrogens is 327 g/mol. The molecule has 1 aromatic rings. The average molecular weight is 345 g/mol. The van der Waals surface area contributed by atoms with Crippen LogP contribution in [0.4, 0.5) is 10.2 Å². The lowest BCUT2D eigenvalue weighted by molar-refractivity contribution is -0.118. The quantitative estimate of drug-likeness (QED) is 0.909. The Labute approximate surface area is 126 Å². The maximum absolute atomic E-state index is 12.9. The average Bonchev–Trinajstić information content (AvgIpc) is 2.42. The van der Waals surface area contributed by atoms with Crippen molar-refractivity contribution in [2.24, 2.45) is 5.92 Å². The van der Waals surface area contributed by atoms with E-state index in [0.717, 1.165) is 32.1 Å². The van der Waals surface area contributed by atoms with Gasteiger partial charge in [0.25, 0.3) is 0 Å². The summed E-state index contributed by atoms with van der Waals surface area (Å²) >= 11 is 3.18. The van der Waals surface area contributed by atoms with Crippen molar-refractivity contribution in [1.29, 1.82) is 0 Å². The molecule has 2 rings (SSSR count). The predicted octanol–water partition coefficient (Wildman–Crippen LogP) is 3.52. The first-order valence-electron chi connectivity index (χ1n) is 6.81. The van der Waals surface area contributed by atoms with E-state index >= 15 is 0 Å². The van der Waals surface area contributed by atoms with Gasteiger partial charge in [0.05, 0.1) is 16.8 Å². The van der Waals surface area contributed by atoms with Crippen molar-refractivity contribution in [3.8, 4) is 0 Å². The minimum Gasteiger partial charge on any atom is -0.378 e. The SMILES string of the molecule is CCC1CC(CC(=O)Nc2ncc(F)cc2Br)CCO1. The van der Waals surface area contributed by atoms with Crippen LogP contribution in [0, 0.1) is 11.7 Å². The molecule has 0 aliphatic carbocycles. The summed E-state index contributed by atoms with van der Waals surface area (Å²) in [6, 6.07) is 1.28. The first-order chi connectivity index (χ1) is 9.58. The molecule has 110 valence electrons. The zero-order valence-corrected chi connectivity index (χ0v) is 13.0. The monoisotopic (exact) mass is 344 g/mol. The summed E-state index contributed by atoms with van der Waals surface area (Å²) in [5.74, 6) is 0.167. The summed E-state index contributed by atoms with van der Waals surface area (Å²) in [6.45, 7) is 2.81. The fourth-order valence-electron chi connectivity index (χ4n) is 2.38. The van der Waals surface area contributed by atoms with Gasteiger partial charge in [-0.15, -0.1) is 0 Å². The third-order valence-electron chi connectivity index (χ3n) is 3.47. The number of nitrogens with one attached hydrogen (secondary N) is 1. The Balaban J connectivity index is 1.88. The van der Waals surface area contributed by atoms with Gasteiger partial charge in [-0.05, 0) is 47.2 Å². The van der Waals surface area contributed by atoms with Crippen molar-refractivity contribution in [2.45, 2.75) is 38.7 Å². The molecule has 1 aromatic heterocycles. The second-order valence-corrected chi connectivity index (χ2v) is 5.88. The fourth-order valence-corrected chi connectivity index (χ4v) is 2.80. The van der Waals surface area contributed by atoms with Gasteiger partial charge in [0.2, 0.25) is 5.91 Å². The Kier molecular flexibility index (Phi) is 5.48. The largest absolute Gasteiger partial charge is 0.378 e. The minimum atomic E-state index is -0.440. The van der Waals surface area contributed by atoms with Crippen LogP contribution < -0.4 is 5.32 Å². The summed E-state index contributed by atoms with van der Waals surface area (Å²) in [6.07, 6.45) is 4.60. The predicted molar refractivity (Wildman–Crippen MR) is 77.9 cm³/mol. The molecule has 2 heterocycles. The highest BCUT2D eigenvalue weighted by molar-refractivity contribution is 9.10. The number of aromatic nitrogens is 1. The van der Waals surface area contributed by atoms with Crippen LogP contribution >= 0.6 is 15.9 Å². The molecule has 1 saturated heterocycles. The third kappa shape index (κ3) is 4.24. The highest BCUT2D eigenvalue weighted by Crippen LogP contribution is 2.26. The molecule has 0 aromatic carbocycles. The molecule has 2 atom stereocenters. The second-order valence-electron chi connectivity index (χ2n) is 5.03. The number of pyridine rings is 1. The van der Waals surface area contributed by atoms with E-state index in [1.807, 2.05) is 0 Å². The molecule has 1 aliphatic rings. The van der Waals surface area contributed by atoms with E-state index in [1.54, 1.807) is 0 Å². The molecule has 1 amide bonds. The maximum atomic E-state index is 12.9. The number of hydrogen-bond donors (Lipinski definition) is 1. The van der Waals surface area contributed by atoms with Crippen LogP contribution in [0.2, 0.25) is 0 Å². The summed E-state index contributed by atoms with van der Waals surface area (Å²) in [7, 11) is 0. The van der Waals surface area contributed by atoms with Gasteiger partial charge in [0.15, 0.2) is 0 Å². The molecule has 0 spiro atoms. The normalized spacial score (nSPS) is 22.6. The van der Waals surface area contributed by atoms with E-state index < -0.39 is 5.82 Å². The lowest BCUT2D eigenvalue weighted by Gasteiger charge is -2.28. The minimum absolute atomic E-state index is 0.0911. The second kappa shape index (κ2) is 7.13. The van der Waals surface area contributed by atoms with Gasteiger partial charge in [-0.1, -0.05) is 6.92 Å². The van der Waals surface area contributed by atoms with Crippen molar-refractivity contribution in [3.63, 3.8) is 0 Å². The van der Waals surface area contributed by atoms with Gasteiger partial charge in [-0.3, -0.25) is 4.79 Å². The van der Waals surface area contributed by atoms with Crippen molar-refractivity contribution < 1.29 is 13.9 Å². The van der Waals surface area contributed by atoms with Crippen LogP contribution in [0.5, 0.6) is 0 Å². The maximum Gasteiger partial charge on any atom is 0.225 e. The van der Waals surface area contributed by atoms with Crippen molar-refractivity contribution in [3.05, 3.63) is 22.6 Å². The molecule has 1 aliphatic heterocycles. The van der Waals surface area contributed by atoms with E-state index in [9.17, 15) is 9.18 Å². The third-order valence-corrected chi connectivity index (χ3v) is 4.08. The zero-order valence-electron chi connectivity index (χ0n) is 11.4. The molecule has 20 heavy (non-hydrogen) atoms. The molecule has 4 nitrogen and oxygen atoms in total. The Bertz CT molecular complexity index is 484. The molecule has 0 bridgehead atoms. The summed E-state index contributed by atoms with van der Waals surface area (Å²) in [5, 5.41) is 2.71. The van der Waals surface area contributed by atoms with Crippen LogP contribution in [0.15, 0.2) is 16.7 Å². The highest BCUT2D eigenvalue weighted by atomic mass is 79.9. The topological polar surface area (TPSA) is 51.2 Å². The summed E-state index contributed by atoms with van der Waals surface area (Å²) < 4.78 is 19.0. The van der Waals surface area contributed by atoms with Gasteiger partial charge in [0, 0.05) is 13.0 Å². The van der Waals surface area contributed by atoms with Crippen LogP contribution in [-0.2, 0) is 9.53 Å². The molecule has 1 N–H and O–H groups in total. The van der Waals surface area contributed by atoms with Crippen molar-refractivity contribution in [1.82, 2.24) is 4.98 Å². The number of amides is 1. The fraction of sp³-hybridized carbons (Fsp3) is 0.571. The summed E-state index contributed by atoms with van der Waals surface area (Å²) in [5.41, 5.74) is 0. The van der Waals surface area contributed by atoms with Gasteiger partial charge in [-0.2, -0.15) is 0 Å². The van der Waals surface area contributed by atoms with E-state index in [1.165, 1.54) is 6.07 Å². The standard InChI is InChI=1S/C14H18BrFN2O2/c1-2-11-5-9(3-4-20-11)6-13(19)18-14-12(15)7-10(16)8-17-14/h7-9,11H,2-6H2,1H3,(H,17,18,19). The van der Waals surface area contributed by atoms with E-state index in [-0.39, 0.29) is 12.0 Å². The van der Waals surface area contributed by atoms with Crippen LogP contribution in [0.3, 0.4) is 0 Å². The number of anilines is 1. The van der Waals surface area contributed by atoms with Crippen molar-refractivity contribution in [2.75, 3.05) is 11.9 Å². The van der Waals surface area contributed by atoms with E-state index in [2.05, 4.69) is 33.2 Å².